The van der Waals surface area contributed by atoms with Crippen LogP contribution in [0.15, 0.2) is 66.9 Å². The summed E-state index contributed by atoms with van der Waals surface area (Å²) in [4.78, 5) is 6.20. The van der Waals surface area contributed by atoms with Gasteiger partial charge < -0.3 is 19.2 Å². The molecule has 1 atom stereocenters. The standard InChI is InChI=1S/C29H33N3O/c1-21-24(25-9-3-4-11-26(25)30-21)10-6-16-31-18-14-22(15-19-31)29-27-12-7-17-32(27)20-23-8-2-5-13-28(23)33-29/h2-5,7-9,11-13,17,22,29-30H,6,10,14-16,18-20H2,1H3. The molecular formula is C29H33N3O. The van der Waals surface area contributed by atoms with Crippen molar-refractivity contribution >= 4 is 10.9 Å². The summed E-state index contributed by atoms with van der Waals surface area (Å²) in [5.41, 5.74) is 6.69. The number of aryl methyl sites for hydroxylation is 2. The smallest absolute Gasteiger partial charge is 0.141 e. The number of ether oxygens (including phenoxy) is 1. The molecule has 0 aliphatic carbocycles. The first-order chi connectivity index (χ1) is 16.3. The zero-order chi connectivity index (χ0) is 22.2. The third kappa shape index (κ3) is 3.97. The average Bonchev–Trinajstić information content (AvgIpc) is 3.38. The van der Waals surface area contributed by atoms with Crippen LogP contribution < -0.4 is 4.74 Å². The van der Waals surface area contributed by atoms with Crippen molar-refractivity contribution in [3.63, 3.8) is 0 Å². The Hall–Kier alpha value is -2.98. The Balaban J connectivity index is 1.08. The predicted octanol–water partition coefficient (Wildman–Crippen LogP) is 6.10. The highest BCUT2D eigenvalue weighted by Gasteiger charge is 2.33. The van der Waals surface area contributed by atoms with Gasteiger partial charge in [-0.1, -0.05) is 36.4 Å². The van der Waals surface area contributed by atoms with Crippen LogP contribution in [0.25, 0.3) is 10.9 Å². The second-order valence-corrected chi connectivity index (χ2v) is 9.76. The third-order valence-electron chi connectivity index (χ3n) is 7.71. The molecule has 1 N–H and O–H groups in total. The molecule has 0 amide bonds. The van der Waals surface area contributed by atoms with Crippen molar-refractivity contribution in [1.82, 2.24) is 14.5 Å². The number of rotatable bonds is 5. The number of para-hydroxylation sites is 2. The van der Waals surface area contributed by atoms with Crippen molar-refractivity contribution in [3.05, 3.63) is 89.4 Å². The highest BCUT2D eigenvalue weighted by molar-refractivity contribution is 5.84. The van der Waals surface area contributed by atoms with E-state index >= 15 is 0 Å². The van der Waals surface area contributed by atoms with E-state index in [2.05, 4.69) is 88.2 Å². The second kappa shape index (κ2) is 8.75. The number of nitrogens with one attached hydrogen (secondary N) is 1. The van der Waals surface area contributed by atoms with E-state index in [4.69, 9.17) is 4.74 Å². The maximum atomic E-state index is 6.66. The lowest BCUT2D eigenvalue weighted by Gasteiger charge is -2.36. The number of benzene rings is 2. The first-order valence-electron chi connectivity index (χ1n) is 12.4. The third-order valence-corrected chi connectivity index (χ3v) is 7.71. The average molecular weight is 440 g/mol. The van der Waals surface area contributed by atoms with Gasteiger partial charge in [0.15, 0.2) is 0 Å². The molecule has 1 saturated heterocycles. The number of aromatic amines is 1. The molecule has 6 rings (SSSR count). The van der Waals surface area contributed by atoms with E-state index in [1.165, 1.54) is 72.3 Å². The zero-order valence-electron chi connectivity index (χ0n) is 19.5. The number of hydrogen-bond acceptors (Lipinski definition) is 2. The molecule has 0 spiro atoms. The van der Waals surface area contributed by atoms with Crippen LogP contribution in [0.2, 0.25) is 0 Å². The molecule has 2 aliphatic rings. The molecule has 2 aliphatic heterocycles. The fourth-order valence-electron chi connectivity index (χ4n) is 5.91. The largest absolute Gasteiger partial charge is 0.484 e. The minimum atomic E-state index is 0.152. The van der Waals surface area contributed by atoms with E-state index in [9.17, 15) is 0 Å². The Morgan fingerprint density at radius 1 is 0.970 bits per heavy atom. The molecule has 170 valence electrons. The van der Waals surface area contributed by atoms with E-state index in [1.54, 1.807) is 0 Å². The van der Waals surface area contributed by atoms with Gasteiger partial charge in [-0.2, -0.15) is 0 Å². The van der Waals surface area contributed by atoms with Gasteiger partial charge in [-0.05, 0) is 82.1 Å². The van der Waals surface area contributed by atoms with E-state index in [0.717, 1.165) is 18.7 Å². The maximum Gasteiger partial charge on any atom is 0.141 e. The molecule has 1 unspecified atom stereocenters. The lowest BCUT2D eigenvalue weighted by atomic mass is 9.89. The van der Waals surface area contributed by atoms with Gasteiger partial charge in [0.1, 0.15) is 11.9 Å². The minimum absolute atomic E-state index is 0.152. The molecule has 4 heteroatoms. The molecule has 0 saturated carbocycles. The molecule has 2 aromatic heterocycles. The topological polar surface area (TPSA) is 33.2 Å². The molecule has 4 aromatic rings. The highest BCUT2D eigenvalue weighted by Crippen LogP contribution is 2.39. The Morgan fingerprint density at radius 3 is 2.70 bits per heavy atom. The minimum Gasteiger partial charge on any atom is -0.484 e. The van der Waals surface area contributed by atoms with Crippen LogP contribution in [0.3, 0.4) is 0 Å². The summed E-state index contributed by atoms with van der Waals surface area (Å²) < 4.78 is 9.04. The van der Waals surface area contributed by atoms with Crippen molar-refractivity contribution < 1.29 is 4.74 Å². The first kappa shape index (κ1) is 20.6. The lowest BCUT2D eigenvalue weighted by Crippen LogP contribution is -2.37. The summed E-state index contributed by atoms with van der Waals surface area (Å²) in [7, 11) is 0. The molecular weight excluding hydrogens is 406 g/mol. The van der Waals surface area contributed by atoms with Gasteiger partial charge in [0.25, 0.3) is 0 Å². The van der Waals surface area contributed by atoms with Crippen molar-refractivity contribution in [2.24, 2.45) is 5.92 Å². The second-order valence-electron chi connectivity index (χ2n) is 9.76. The quantitative estimate of drug-likeness (QED) is 0.407. The summed E-state index contributed by atoms with van der Waals surface area (Å²) in [6, 6.07) is 21.6. The van der Waals surface area contributed by atoms with Gasteiger partial charge in [-0.3, -0.25) is 0 Å². The zero-order valence-corrected chi connectivity index (χ0v) is 19.5. The lowest BCUT2D eigenvalue weighted by molar-refractivity contribution is 0.0737. The summed E-state index contributed by atoms with van der Waals surface area (Å²) >= 11 is 0. The molecule has 0 bridgehead atoms. The monoisotopic (exact) mass is 439 g/mol. The Bertz CT molecular complexity index is 1240. The van der Waals surface area contributed by atoms with Crippen LogP contribution in [0.4, 0.5) is 0 Å². The molecule has 4 nitrogen and oxygen atoms in total. The number of H-pyrrole nitrogens is 1. The number of nitrogens with zero attached hydrogens (tertiary/aromatic N) is 2. The van der Waals surface area contributed by atoms with Gasteiger partial charge in [0.2, 0.25) is 0 Å². The van der Waals surface area contributed by atoms with E-state index in [-0.39, 0.29) is 6.10 Å². The van der Waals surface area contributed by atoms with Crippen molar-refractivity contribution in [1.29, 1.82) is 0 Å². The van der Waals surface area contributed by atoms with Crippen LogP contribution in [0.5, 0.6) is 5.75 Å². The summed E-state index contributed by atoms with van der Waals surface area (Å²) in [5.74, 6) is 1.62. The van der Waals surface area contributed by atoms with Crippen molar-refractivity contribution in [2.75, 3.05) is 19.6 Å². The van der Waals surface area contributed by atoms with E-state index < -0.39 is 0 Å². The Labute approximate surface area is 196 Å². The van der Waals surface area contributed by atoms with Crippen LogP contribution in [-0.2, 0) is 13.0 Å². The number of piperidine rings is 1. The number of fused-ring (bicyclic) bond motifs is 3. The molecule has 1 fully saturated rings. The van der Waals surface area contributed by atoms with Crippen LogP contribution >= 0.6 is 0 Å². The molecule has 4 heterocycles. The van der Waals surface area contributed by atoms with Crippen LogP contribution in [0.1, 0.15) is 47.9 Å². The van der Waals surface area contributed by atoms with Crippen molar-refractivity contribution in [2.45, 2.75) is 45.3 Å². The van der Waals surface area contributed by atoms with Gasteiger partial charge in [-0.15, -0.1) is 0 Å². The van der Waals surface area contributed by atoms with E-state index in [0.29, 0.717) is 5.92 Å². The predicted molar refractivity (Wildman–Crippen MR) is 134 cm³/mol. The van der Waals surface area contributed by atoms with Crippen molar-refractivity contribution in [3.8, 4) is 5.75 Å². The number of hydrogen-bond donors (Lipinski definition) is 1. The van der Waals surface area contributed by atoms with Gasteiger partial charge in [0, 0.05) is 34.3 Å². The fraction of sp³-hybridized carbons (Fsp3) is 0.379. The highest BCUT2D eigenvalue weighted by atomic mass is 16.5. The molecule has 33 heavy (non-hydrogen) atoms. The normalized spacial score (nSPS) is 19.1. The van der Waals surface area contributed by atoms with Crippen LogP contribution in [0, 0.1) is 12.8 Å². The van der Waals surface area contributed by atoms with E-state index in [1.807, 2.05) is 0 Å². The fourth-order valence-corrected chi connectivity index (χ4v) is 5.91. The maximum absolute atomic E-state index is 6.66. The molecule has 0 radical (unpaired) electrons. The van der Waals surface area contributed by atoms with Gasteiger partial charge in [-0.25, -0.2) is 0 Å². The number of likely N-dealkylation sites (tertiary alicyclic amines) is 1. The summed E-state index contributed by atoms with van der Waals surface area (Å²) in [6.45, 7) is 6.62. The van der Waals surface area contributed by atoms with Gasteiger partial charge in [0.05, 0.1) is 12.2 Å². The Morgan fingerprint density at radius 2 is 1.79 bits per heavy atom. The molecule has 2 aromatic carbocycles. The summed E-state index contributed by atoms with van der Waals surface area (Å²) in [5, 5.41) is 1.39. The summed E-state index contributed by atoms with van der Waals surface area (Å²) in [6.07, 6.45) is 7.11. The Kier molecular flexibility index (Phi) is 5.47. The van der Waals surface area contributed by atoms with Crippen LogP contribution in [-0.4, -0.2) is 34.1 Å². The first-order valence-corrected chi connectivity index (χ1v) is 12.4. The SMILES string of the molecule is Cc1[nH]c2ccccc2c1CCCN1CCC(C2Oc3ccccc3Cn3cccc32)CC1. The number of aromatic nitrogens is 2. The van der Waals surface area contributed by atoms with Gasteiger partial charge >= 0.3 is 0 Å².